The van der Waals surface area contributed by atoms with Crippen molar-refractivity contribution in [2.45, 2.75) is 38.1 Å². The second-order valence-electron chi connectivity index (χ2n) is 9.48. The summed E-state index contributed by atoms with van der Waals surface area (Å²) in [6, 6.07) is 8.72. The van der Waals surface area contributed by atoms with E-state index in [1.807, 2.05) is 0 Å². The van der Waals surface area contributed by atoms with Gasteiger partial charge in [-0.1, -0.05) is 19.1 Å². The van der Waals surface area contributed by atoms with Crippen LogP contribution in [-0.2, 0) is 11.3 Å². The summed E-state index contributed by atoms with van der Waals surface area (Å²) >= 11 is 0. The highest BCUT2D eigenvalue weighted by Crippen LogP contribution is 2.32. The number of imidazole rings is 1. The minimum Gasteiger partial charge on any atom is -0.381 e. The lowest BCUT2D eigenvalue weighted by Crippen LogP contribution is -2.24. The Morgan fingerprint density at radius 3 is 2.62 bits per heavy atom. The first-order chi connectivity index (χ1) is 15.5. The summed E-state index contributed by atoms with van der Waals surface area (Å²) in [5.74, 6) is 2.55. The number of likely N-dealkylation sites (tertiary alicyclic amines) is 1. The van der Waals surface area contributed by atoms with Gasteiger partial charge < -0.3 is 14.6 Å². The summed E-state index contributed by atoms with van der Waals surface area (Å²) in [6.45, 7) is 6.49. The monoisotopic (exact) mass is 436 g/mol. The molecule has 2 atom stereocenters. The number of nitrogens with one attached hydrogen (secondary N) is 1. The van der Waals surface area contributed by atoms with Gasteiger partial charge in [-0.15, -0.1) is 0 Å². The van der Waals surface area contributed by atoms with E-state index in [1.165, 1.54) is 11.3 Å². The van der Waals surface area contributed by atoms with E-state index in [-0.39, 0.29) is 17.4 Å². The molecule has 2 aliphatic rings. The average Bonchev–Trinajstić information content (AvgIpc) is 3.38. The molecule has 1 N–H and O–H groups in total. The Morgan fingerprint density at radius 2 is 1.91 bits per heavy atom. The topological polar surface area (TPSA) is 78.8 Å². The first kappa shape index (κ1) is 21.2. The van der Waals surface area contributed by atoms with Gasteiger partial charge in [-0.3, -0.25) is 9.69 Å². The Balaban J connectivity index is 1.37. The minimum atomic E-state index is -0.106. The van der Waals surface area contributed by atoms with E-state index in [0.29, 0.717) is 11.4 Å². The molecule has 8 nitrogen and oxygen atoms in total. The molecule has 0 saturated carbocycles. The number of benzene rings is 1. The number of anilines is 1. The van der Waals surface area contributed by atoms with Gasteiger partial charge in [0.1, 0.15) is 11.6 Å². The molecule has 2 fully saturated rings. The third-order valence-corrected chi connectivity index (χ3v) is 6.93. The predicted octanol–water partition coefficient (Wildman–Crippen LogP) is 2.61. The van der Waals surface area contributed by atoms with E-state index >= 15 is 0 Å². The van der Waals surface area contributed by atoms with Crippen LogP contribution in [-0.4, -0.2) is 64.9 Å². The maximum absolute atomic E-state index is 12.8. The molecule has 5 rings (SSSR count). The highest BCUT2D eigenvalue weighted by atomic mass is 16.5. The van der Waals surface area contributed by atoms with E-state index < -0.39 is 0 Å². The molecule has 1 unspecified atom stereocenters. The van der Waals surface area contributed by atoms with E-state index in [4.69, 9.17) is 9.84 Å². The van der Waals surface area contributed by atoms with Gasteiger partial charge in [-0.05, 0) is 36.5 Å². The number of hydrogen-bond donors (Lipinski definition) is 1. The van der Waals surface area contributed by atoms with Crippen LogP contribution in [0, 0.1) is 5.92 Å². The van der Waals surface area contributed by atoms with Gasteiger partial charge in [0.05, 0.1) is 6.20 Å². The van der Waals surface area contributed by atoms with Crippen molar-refractivity contribution in [3.63, 3.8) is 0 Å². The highest BCUT2D eigenvalue weighted by Gasteiger charge is 2.33. The molecule has 2 aliphatic heterocycles. The zero-order chi connectivity index (χ0) is 22.2. The minimum absolute atomic E-state index is 0.106. The summed E-state index contributed by atoms with van der Waals surface area (Å²) < 4.78 is 7.29. The number of rotatable bonds is 5. The molecule has 0 aliphatic carbocycles. The van der Waals surface area contributed by atoms with Crippen LogP contribution in [0.1, 0.15) is 48.8 Å². The lowest BCUT2D eigenvalue weighted by Gasteiger charge is -2.21. The van der Waals surface area contributed by atoms with Gasteiger partial charge >= 0.3 is 0 Å². The van der Waals surface area contributed by atoms with E-state index in [0.717, 1.165) is 57.3 Å². The van der Waals surface area contributed by atoms with Gasteiger partial charge in [0, 0.05) is 64.5 Å². The van der Waals surface area contributed by atoms with Gasteiger partial charge in [0.15, 0.2) is 5.52 Å². The van der Waals surface area contributed by atoms with E-state index in [9.17, 15) is 4.79 Å². The Bertz CT molecular complexity index is 1130. The van der Waals surface area contributed by atoms with Crippen molar-refractivity contribution in [3.8, 4) is 0 Å². The van der Waals surface area contributed by atoms with Crippen LogP contribution in [0.5, 0.6) is 0 Å². The molecular formula is C24H32N6O2. The van der Waals surface area contributed by atoms with Crippen LogP contribution < -0.4 is 10.5 Å². The number of aromatic nitrogens is 4. The zero-order valence-electron chi connectivity index (χ0n) is 19.1. The number of fused-ring (bicyclic) bond motifs is 1. The Hall–Kier alpha value is -2.71. The first-order valence-corrected chi connectivity index (χ1v) is 11.5. The van der Waals surface area contributed by atoms with Crippen LogP contribution in [0.25, 0.3) is 5.52 Å². The SMILES string of the molecule is C[C@@H]1CN(Cc2ccc(N(C)C)cc2)CC1c1nn2c(C3CCOCC3)ncc2c(=O)[nH]1. The Morgan fingerprint density at radius 1 is 1.16 bits per heavy atom. The van der Waals surface area contributed by atoms with Crippen molar-refractivity contribution in [2.24, 2.45) is 5.92 Å². The smallest absolute Gasteiger partial charge is 0.276 e. The molecule has 0 radical (unpaired) electrons. The average molecular weight is 437 g/mol. The largest absolute Gasteiger partial charge is 0.381 e. The van der Waals surface area contributed by atoms with Crippen molar-refractivity contribution in [3.05, 3.63) is 58.0 Å². The van der Waals surface area contributed by atoms with Crippen LogP contribution in [0.3, 0.4) is 0 Å². The molecule has 0 amide bonds. The quantitative estimate of drug-likeness (QED) is 0.662. The van der Waals surface area contributed by atoms with Gasteiger partial charge in [-0.25, -0.2) is 9.50 Å². The molecule has 170 valence electrons. The fourth-order valence-corrected chi connectivity index (χ4v) is 5.04. The van der Waals surface area contributed by atoms with Crippen LogP contribution in [0.4, 0.5) is 5.69 Å². The molecule has 3 aromatic rings. The van der Waals surface area contributed by atoms with Crippen molar-refractivity contribution >= 4 is 11.2 Å². The van der Waals surface area contributed by atoms with E-state index in [2.05, 4.69) is 65.1 Å². The number of aromatic amines is 1. The normalized spacial score (nSPS) is 22.6. The molecule has 2 saturated heterocycles. The molecule has 0 bridgehead atoms. The summed E-state index contributed by atoms with van der Waals surface area (Å²) in [5.41, 5.74) is 2.93. The maximum atomic E-state index is 12.8. The van der Waals surface area contributed by atoms with Gasteiger partial charge in [0.25, 0.3) is 5.56 Å². The lowest BCUT2D eigenvalue weighted by molar-refractivity contribution is 0.0832. The molecule has 8 heteroatoms. The molecule has 1 aromatic carbocycles. The van der Waals surface area contributed by atoms with Crippen molar-refractivity contribution in [2.75, 3.05) is 45.3 Å². The van der Waals surface area contributed by atoms with Crippen LogP contribution in [0.2, 0.25) is 0 Å². The fraction of sp³-hybridized carbons (Fsp3) is 0.542. The molecule has 32 heavy (non-hydrogen) atoms. The van der Waals surface area contributed by atoms with Crippen molar-refractivity contribution in [1.29, 1.82) is 0 Å². The third kappa shape index (κ3) is 4.04. The van der Waals surface area contributed by atoms with Crippen molar-refractivity contribution in [1.82, 2.24) is 24.5 Å². The van der Waals surface area contributed by atoms with Crippen molar-refractivity contribution < 1.29 is 4.74 Å². The van der Waals surface area contributed by atoms with Crippen LogP contribution in [0.15, 0.2) is 35.3 Å². The predicted molar refractivity (Wildman–Crippen MR) is 124 cm³/mol. The molecule has 4 heterocycles. The number of H-pyrrole nitrogens is 1. The summed E-state index contributed by atoms with van der Waals surface area (Å²) in [4.78, 5) is 25.0. The zero-order valence-corrected chi connectivity index (χ0v) is 19.1. The molecular weight excluding hydrogens is 404 g/mol. The van der Waals surface area contributed by atoms with Crippen LogP contribution >= 0.6 is 0 Å². The molecule has 2 aromatic heterocycles. The first-order valence-electron chi connectivity index (χ1n) is 11.5. The third-order valence-electron chi connectivity index (χ3n) is 6.93. The summed E-state index contributed by atoms with van der Waals surface area (Å²) in [6.07, 6.45) is 3.49. The number of hydrogen-bond acceptors (Lipinski definition) is 6. The standard InChI is InChI=1S/C24H32N6O2/c1-16-13-29(14-17-4-6-19(7-5-17)28(2)3)15-20(16)22-26-24(31)21-12-25-23(30(21)27-22)18-8-10-32-11-9-18/h4-7,12,16,18,20H,8-11,13-15H2,1-3H3,(H,26,27,31)/t16-,20?/m1/s1. The summed E-state index contributed by atoms with van der Waals surface area (Å²) in [5, 5.41) is 4.90. The Kier molecular flexibility index (Phi) is 5.73. The second kappa shape index (κ2) is 8.67. The highest BCUT2D eigenvalue weighted by molar-refractivity contribution is 5.46. The van der Waals surface area contributed by atoms with E-state index in [1.54, 1.807) is 10.7 Å². The van der Waals surface area contributed by atoms with Gasteiger partial charge in [-0.2, -0.15) is 5.10 Å². The fourth-order valence-electron chi connectivity index (χ4n) is 5.04. The Labute approximate surface area is 188 Å². The summed E-state index contributed by atoms with van der Waals surface area (Å²) in [7, 11) is 4.11. The second-order valence-corrected chi connectivity index (χ2v) is 9.48. The molecule has 0 spiro atoms. The number of nitrogens with zero attached hydrogens (tertiary/aromatic N) is 5. The lowest BCUT2D eigenvalue weighted by atomic mass is 9.97. The van der Waals surface area contributed by atoms with Gasteiger partial charge in [0.2, 0.25) is 0 Å². The number of ether oxygens (including phenoxy) is 1. The maximum Gasteiger partial charge on any atom is 0.276 e.